The van der Waals surface area contributed by atoms with E-state index in [2.05, 4.69) is 15.3 Å². The summed E-state index contributed by atoms with van der Waals surface area (Å²) in [5.74, 6) is -1.31. The van der Waals surface area contributed by atoms with Crippen LogP contribution in [-0.4, -0.2) is 26.2 Å². The van der Waals surface area contributed by atoms with Gasteiger partial charge in [-0.25, -0.2) is 4.98 Å². The first-order valence-electron chi connectivity index (χ1n) is 11.2. The molecule has 0 aliphatic carbocycles. The first-order chi connectivity index (χ1) is 18.4. The van der Waals surface area contributed by atoms with Crippen LogP contribution in [0.3, 0.4) is 0 Å². The first-order valence-corrected chi connectivity index (χ1v) is 12.2. The van der Waals surface area contributed by atoms with Crippen LogP contribution in [0.15, 0.2) is 82.7 Å². The van der Waals surface area contributed by atoms with Crippen molar-refractivity contribution in [3.05, 3.63) is 94.3 Å². The third kappa shape index (κ3) is 5.21. The molecule has 200 valence electrons. The predicted octanol–water partition coefficient (Wildman–Crippen LogP) is 6.64. The molecule has 3 aromatic carbocycles. The molecule has 0 radical (unpaired) electrons. The van der Waals surface area contributed by atoms with Gasteiger partial charge in [0.1, 0.15) is 11.0 Å². The molecule has 0 fully saturated rings. The van der Waals surface area contributed by atoms with Crippen LogP contribution in [0.1, 0.15) is 11.1 Å². The van der Waals surface area contributed by atoms with Crippen molar-refractivity contribution in [2.24, 2.45) is 0 Å². The van der Waals surface area contributed by atoms with Crippen molar-refractivity contribution in [3.63, 3.8) is 0 Å². The number of nitrogens with zero attached hydrogens (tertiary/aromatic N) is 2. The van der Waals surface area contributed by atoms with E-state index in [9.17, 15) is 35.9 Å². The molecular weight excluding hydrogens is 546 g/mol. The third-order valence-electron chi connectivity index (χ3n) is 5.76. The number of rotatable bonds is 5. The van der Waals surface area contributed by atoms with Crippen molar-refractivity contribution in [1.82, 2.24) is 14.5 Å². The highest BCUT2D eigenvalue weighted by Gasteiger charge is 2.34. The molecule has 0 aliphatic rings. The highest BCUT2D eigenvalue weighted by molar-refractivity contribution is 7.99. The van der Waals surface area contributed by atoms with E-state index in [4.69, 9.17) is 0 Å². The average Bonchev–Trinajstić information content (AvgIpc) is 3.26. The first kappa shape index (κ1) is 26.4. The Morgan fingerprint density at radius 2 is 1.64 bits per heavy atom. The van der Waals surface area contributed by atoms with Crippen LogP contribution in [0.4, 0.5) is 32.0 Å². The van der Waals surface area contributed by atoms with Gasteiger partial charge in [-0.1, -0.05) is 48.2 Å². The zero-order valence-corrected chi connectivity index (χ0v) is 20.3. The molecule has 0 saturated carbocycles. The second-order valence-corrected chi connectivity index (χ2v) is 9.30. The number of H-pyrrole nitrogens is 1. The monoisotopic (exact) mass is 562 g/mol. The van der Waals surface area contributed by atoms with Gasteiger partial charge in [-0.3, -0.25) is 14.2 Å². The maximum absolute atomic E-state index is 13.5. The van der Waals surface area contributed by atoms with Crippen LogP contribution < -0.4 is 10.9 Å². The fraction of sp³-hybridized carbons (Fsp3) is 0.115. The zero-order valence-electron chi connectivity index (χ0n) is 19.5. The number of amides is 1. The maximum atomic E-state index is 13.5. The van der Waals surface area contributed by atoms with Gasteiger partial charge in [-0.2, -0.15) is 26.3 Å². The average molecular weight is 562 g/mol. The quantitative estimate of drug-likeness (QED) is 0.143. The number of nitrogens with one attached hydrogen (secondary N) is 2. The Labute approximate surface area is 219 Å². The molecular formula is C26H16F6N4O2S. The van der Waals surface area contributed by atoms with Gasteiger partial charge in [-0.05, 0) is 36.4 Å². The molecule has 0 atom stereocenters. The maximum Gasteiger partial charge on any atom is 0.418 e. The summed E-state index contributed by atoms with van der Waals surface area (Å²) in [6.45, 7) is 0. The van der Waals surface area contributed by atoms with E-state index in [1.807, 2.05) is 0 Å². The second kappa shape index (κ2) is 9.80. The summed E-state index contributed by atoms with van der Waals surface area (Å²) in [5, 5.41) is 2.66. The van der Waals surface area contributed by atoms with Gasteiger partial charge in [0, 0.05) is 10.9 Å². The summed E-state index contributed by atoms with van der Waals surface area (Å²) in [6, 6.07) is 15.3. The van der Waals surface area contributed by atoms with Crippen molar-refractivity contribution in [2.75, 3.05) is 11.1 Å². The fourth-order valence-corrected chi connectivity index (χ4v) is 4.85. The zero-order chi connectivity index (χ0) is 27.9. The largest absolute Gasteiger partial charge is 0.418 e. The van der Waals surface area contributed by atoms with Gasteiger partial charge >= 0.3 is 12.4 Å². The standard InChI is InChI=1S/C26H16F6N4O2S/c27-25(28,29)14-6-5-7-15(12-14)36-23(38)22-21(16-8-1-3-10-18(16)34-22)35-24(36)39-13-20(37)33-19-11-4-2-9-17(19)26(30,31)32/h1-12,34H,13H2,(H,33,37). The minimum Gasteiger partial charge on any atom is -0.349 e. The van der Waals surface area contributed by atoms with Gasteiger partial charge in [0.25, 0.3) is 5.56 Å². The van der Waals surface area contributed by atoms with Crippen LogP contribution >= 0.6 is 11.8 Å². The van der Waals surface area contributed by atoms with E-state index in [0.29, 0.717) is 22.7 Å². The van der Waals surface area contributed by atoms with Gasteiger partial charge < -0.3 is 10.3 Å². The molecule has 0 spiro atoms. The molecule has 0 saturated heterocycles. The lowest BCUT2D eigenvalue weighted by molar-refractivity contribution is -0.138. The van der Waals surface area contributed by atoms with Crippen molar-refractivity contribution < 1.29 is 31.1 Å². The van der Waals surface area contributed by atoms with Crippen molar-refractivity contribution in [3.8, 4) is 5.69 Å². The Morgan fingerprint density at radius 3 is 2.38 bits per heavy atom. The summed E-state index contributed by atoms with van der Waals surface area (Å²) in [4.78, 5) is 33.6. The number of aromatic nitrogens is 3. The lowest BCUT2D eigenvalue weighted by Crippen LogP contribution is -2.23. The minimum atomic E-state index is -4.71. The highest BCUT2D eigenvalue weighted by atomic mass is 32.2. The summed E-state index contributed by atoms with van der Waals surface area (Å²) < 4.78 is 81.1. The molecule has 6 nitrogen and oxygen atoms in total. The number of carbonyl (C=O) groups excluding carboxylic acids is 1. The molecule has 2 heterocycles. The van der Waals surface area contributed by atoms with Crippen molar-refractivity contribution in [1.29, 1.82) is 0 Å². The minimum absolute atomic E-state index is 0.0431. The topological polar surface area (TPSA) is 79.8 Å². The molecule has 0 aliphatic heterocycles. The van der Waals surface area contributed by atoms with E-state index in [-0.39, 0.29) is 21.9 Å². The predicted molar refractivity (Wildman–Crippen MR) is 135 cm³/mol. The van der Waals surface area contributed by atoms with E-state index < -0.39 is 46.4 Å². The molecule has 39 heavy (non-hydrogen) atoms. The Kier molecular flexibility index (Phi) is 6.62. The molecule has 1 amide bonds. The van der Waals surface area contributed by atoms with E-state index in [1.165, 1.54) is 18.2 Å². The Bertz CT molecular complexity index is 1770. The van der Waals surface area contributed by atoms with Gasteiger partial charge in [0.2, 0.25) is 5.91 Å². The van der Waals surface area contributed by atoms with Gasteiger partial charge in [-0.15, -0.1) is 0 Å². The van der Waals surface area contributed by atoms with Gasteiger partial charge in [0.15, 0.2) is 5.16 Å². The van der Waals surface area contributed by atoms with Crippen LogP contribution in [0.2, 0.25) is 0 Å². The van der Waals surface area contributed by atoms with Crippen LogP contribution in [-0.2, 0) is 17.1 Å². The van der Waals surface area contributed by atoms with E-state index in [0.717, 1.165) is 34.9 Å². The van der Waals surface area contributed by atoms with E-state index in [1.54, 1.807) is 24.3 Å². The Morgan fingerprint density at radius 1 is 0.923 bits per heavy atom. The lowest BCUT2D eigenvalue weighted by atomic mass is 10.1. The van der Waals surface area contributed by atoms with Crippen LogP contribution in [0.25, 0.3) is 27.6 Å². The van der Waals surface area contributed by atoms with E-state index >= 15 is 0 Å². The lowest BCUT2D eigenvalue weighted by Gasteiger charge is -2.15. The summed E-state index contributed by atoms with van der Waals surface area (Å²) >= 11 is 0.700. The number of carbonyl (C=O) groups is 1. The number of thioether (sulfide) groups is 1. The molecule has 2 N–H and O–H groups in total. The molecule has 2 aromatic heterocycles. The fourth-order valence-electron chi connectivity index (χ4n) is 4.04. The summed E-state index contributed by atoms with van der Waals surface area (Å²) in [6.07, 6.45) is -9.39. The number of alkyl halides is 6. The molecule has 0 unspecified atom stereocenters. The number of para-hydroxylation sites is 2. The van der Waals surface area contributed by atoms with Crippen LogP contribution in [0, 0.1) is 0 Å². The van der Waals surface area contributed by atoms with Crippen molar-refractivity contribution >= 4 is 45.3 Å². The van der Waals surface area contributed by atoms with Gasteiger partial charge in [0.05, 0.1) is 28.3 Å². The Balaban J connectivity index is 1.57. The molecule has 5 rings (SSSR count). The smallest absolute Gasteiger partial charge is 0.349 e. The number of benzene rings is 3. The number of aromatic amines is 1. The molecule has 5 aromatic rings. The molecule has 0 bridgehead atoms. The third-order valence-corrected chi connectivity index (χ3v) is 6.70. The summed E-state index contributed by atoms with van der Waals surface area (Å²) in [5.41, 5.74) is -2.49. The summed E-state index contributed by atoms with van der Waals surface area (Å²) in [7, 11) is 0. The number of hydrogen-bond acceptors (Lipinski definition) is 4. The van der Waals surface area contributed by atoms with Crippen molar-refractivity contribution in [2.45, 2.75) is 17.5 Å². The normalized spacial score (nSPS) is 12.3. The SMILES string of the molecule is O=C(CSc1nc2c([nH]c3ccccc32)c(=O)n1-c1cccc(C(F)(F)F)c1)Nc1ccccc1C(F)(F)F. The molecule has 13 heteroatoms. The number of fused-ring (bicyclic) bond motifs is 3. The second-order valence-electron chi connectivity index (χ2n) is 8.36. The number of anilines is 1. The Hall–Kier alpha value is -4.26. The number of halogens is 6. The number of hydrogen-bond donors (Lipinski definition) is 2. The van der Waals surface area contributed by atoms with Crippen LogP contribution in [0.5, 0.6) is 0 Å². The highest BCUT2D eigenvalue weighted by Crippen LogP contribution is 2.35.